The van der Waals surface area contributed by atoms with Crippen LogP contribution in [0.15, 0.2) is 139 Å². The monoisotopic (exact) mass is 816 g/mol. The lowest BCUT2D eigenvalue weighted by molar-refractivity contribution is -0.275. The SMILES string of the molecule is COc1cc(C=C(C)C(=O)O)cc(OC)c1O[C@@H]1O[C@H](COC(=O)c2ccccc2)[C@H](OC(=O)c2ccccc2)[C@H](OC(=O)c2ccccc2)[C@H]1OC(=O)c1ccccc1. The number of carbonyl (C=O) groups is 5. The highest BCUT2D eigenvalue weighted by Gasteiger charge is 2.54. The summed E-state index contributed by atoms with van der Waals surface area (Å²) in [6.07, 6.45) is -6.76. The topological polar surface area (TPSA) is 179 Å². The number of carbonyl (C=O) groups excluding carboxylic acids is 4. The number of esters is 4. The summed E-state index contributed by atoms with van der Waals surface area (Å²) in [4.78, 5) is 66.6. The Kier molecular flexibility index (Phi) is 13.9. The molecular formula is C46H40O14. The summed E-state index contributed by atoms with van der Waals surface area (Å²) >= 11 is 0. The van der Waals surface area contributed by atoms with E-state index in [1.54, 1.807) is 84.9 Å². The van der Waals surface area contributed by atoms with Crippen molar-refractivity contribution in [2.24, 2.45) is 0 Å². The number of benzene rings is 5. The summed E-state index contributed by atoms with van der Waals surface area (Å²) in [5.74, 6) is -4.54. The first-order valence-electron chi connectivity index (χ1n) is 18.6. The Morgan fingerprint density at radius 1 is 0.583 bits per heavy atom. The van der Waals surface area contributed by atoms with E-state index in [0.29, 0.717) is 5.56 Å². The van der Waals surface area contributed by atoms with Gasteiger partial charge in [0.25, 0.3) is 0 Å². The second kappa shape index (κ2) is 19.8. The van der Waals surface area contributed by atoms with Gasteiger partial charge in [-0.2, -0.15) is 0 Å². The van der Waals surface area contributed by atoms with E-state index in [-0.39, 0.29) is 45.1 Å². The van der Waals surface area contributed by atoms with Gasteiger partial charge in [0.2, 0.25) is 18.1 Å². The van der Waals surface area contributed by atoms with E-state index in [1.807, 2.05) is 0 Å². The smallest absolute Gasteiger partial charge is 0.338 e. The van der Waals surface area contributed by atoms with E-state index < -0.39 is 67.2 Å². The van der Waals surface area contributed by atoms with Crippen LogP contribution in [0.3, 0.4) is 0 Å². The maximum absolute atomic E-state index is 14.0. The number of aliphatic carboxylic acids is 1. The van der Waals surface area contributed by atoms with Crippen molar-refractivity contribution < 1.29 is 67.0 Å². The van der Waals surface area contributed by atoms with Crippen LogP contribution in [0.2, 0.25) is 0 Å². The molecule has 5 atom stereocenters. The highest BCUT2D eigenvalue weighted by molar-refractivity contribution is 5.92. The molecule has 0 amide bonds. The lowest BCUT2D eigenvalue weighted by atomic mass is 9.97. The average molecular weight is 817 g/mol. The van der Waals surface area contributed by atoms with Gasteiger partial charge in [0.05, 0.1) is 36.5 Å². The van der Waals surface area contributed by atoms with Crippen molar-refractivity contribution in [3.8, 4) is 17.2 Å². The Morgan fingerprint density at radius 2 is 0.983 bits per heavy atom. The molecule has 5 aromatic rings. The maximum atomic E-state index is 14.0. The number of hydrogen-bond acceptors (Lipinski definition) is 13. The number of hydrogen-bond donors (Lipinski definition) is 1. The van der Waals surface area contributed by atoms with Crippen LogP contribution >= 0.6 is 0 Å². The minimum absolute atomic E-state index is 0.0170. The molecule has 1 N–H and O–H groups in total. The van der Waals surface area contributed by atoms with Gasteiger partial charge in [-0.15, -0.1) is 0 Å². The normalized spacial score (nSPS) is 18.6. The van der Waals surface area contributed by atoms with Gasteiger partial charge in [0.15, 0.2) is 23.7 Å². The van der Waals surface area contributed by atoms with Gasteiger partial charge >= 0.3 is 29.8 Å². The second-order valence-electron chi connectivity index (χ2n) is 13.2. The zero-order chi connectivity index (χ0) is 42.6. The Bertz CT molecular complexity index is 2290. The van der Waals surface area contributed by atoms with E-state index in [4.69, 9.17) is 37.9 Å². The van der Waals surface area contributed by atoms with Crippen molar-refractivity contribution in [1.29, 1.82) is 0 Å². The van der Waals surface area contributed by atoms with E-state index in [9.17, 15) is 29.1 Å². The Hall–Kier alpha value is -7.45. The molecule has 6 rings (SSSR count). The predicted molar refractivity (Wildman–Crippen MR) is 214 cm³/mol. The zero-order valence-electron chi connectivity index (χ0n) is 32.6. The number of rotatable bonds is 15. The maximum Gasteiger partial charge on any atom is 0.338 e. The summed E-state index contributed by atoms with van der Waals surface area (Å²) in [5.41, 5.74) is 0.954. The van der Waals surface area contributed by atoms with Crippen molar-refractivity contribution in [2.75, 3.05) is 20.8 Å². The molecule has 60 heavy (non-hydrogen) atoms. The quantitative estimate of drug-likeness (QED) is 0.0660. The average Bonchev–Trinajstić information content (AvgIpc) is 3.28. The largest absolute Gasteiger partial charge is 0.493 e. The van der Waals surface area contributed by atoms with Crippen molar-refractivity contribution >= 4 is 35.9 Å². The molecule has 0 radical (unpaired) electrons. The third-order valence-electron chi connectivity index (χ3n) is 9.17. The molecule has 14 heteroatoms. The van der Waals surface area contributed by atoms with Crippen LogP contribution < -0.4 is 14.2 Å². The Morgan fingerprint density at radius 3 is 1.40 bits per heavy atom. The summed E-state index contributed by atoms with van der Waals surface area (Å²) in [5, 5.41) is 9.51. The van der Waals surface area contributed by atoms with Crippen LogP contribution in [0.25, 0.3) is 6.08 Å². The van der Waals surface area contributed by atoms with Gasteiger partial charge in [-0.05, 0) is 79.2 Å². The minimum Gasteiger partial charge on any atom is -0.493 e. The zero-order valence-corrected chi connectivity index (χ0v) is 32.6. The lowest BCUT2D eigenvalue weighted by Crippen LogP contribution is -2.64. The molecule has 5 aromatic carbocycles. The summed E-state index contributed by atoms with van der Waals surface area (Å²) in [6.45, 7) is 0.835. The van der Waals surface area contributed by atoms with Crippen LogP contribution in [0.1, 0.15) is 53.9 Å². The third kappa shape index (κ3) is 10.3. The molecule has 1 aliphatic rings. The van der Waals surface area contributed by atoms with Crippen LogP contribution in [-0.2, 0) is 28.5 Å². The summed E-state index contributed by atoms with van der Waals surface area (Å²) < 4.78 is 48.3. The molecule has 1 saturated heterocycles. The molecule has 0 aliphatic carbocycles. The van der Waals surface area contributed by atoms with Crippen LogP contribution in [0, 0.1) is 0 Å². The molecule has 308 valence electrons. The van der Waals surface area contributed by atoms with Gasteiger partial charge in [0, 0.05) is 5.57 Å². The van der Waals surface area contributed by atoms with E-state index in [0.717, 1.165) is 0 Å². The fraction of sp³-hybridized carbons (Fsp3) is 0.196. The van der Waals surface area contributed by atoms with E-state index in [1.165, 1.54) is 75.8 Å². The number of methoxy groups -OCH3 is 2. The molecule has 1 aliphatic heterocycles. The lowest BCUT2D eigenvalue weighted by Gasteiger charge is -2.44. The van der Waals surface area contributed by atoms with E-state index in [2.05, 4.69) is 0 Å². The first-order valence-corrected chi connectivity index (χ1v) is 18.6. The highest BCUT2D eigenvalue weighted by atomic mass is 16.7. The summed E-state index contributed by atoms with van der Waals surface area (Å²) in [7, 11) is 2.67. The fourth-order valence-electron chi connectivity index (χ4n) is 6.15. The van der Waals surface area contributed by atoms with Gasteiger partial charge in [-0.3, -0.25) is 0 Å². The first-order chi connectivity index (χ1) is 29.1. The van der Waals surface area contributed by atoms with Gasteiger partial charge < -0.3 is 43.0 Å². The fourth-order valence-corrected chi connectivity index (χ4v) is 6.15. The molecule has 0 unspecified atom stereocenters. The van der Waals surface area contributed by atoms with Gasteiger partial charge in [-0.1, -0.05) is 72.8 Å². The van der Waals surface area contributed by atoms with Crippen molar-refractivity contribution in [3.63, 3.8) is 0 Å². The van der Waals surface area contributed by atoms with E-state index >= 15 is 0 Å². The number of carboxylic acids is 1. The first kappa shape index (κ1) is 42.2. The van der Waals surface area contributed by atoms with Crippen LogP contribution in [0.4, 0.5) is 0 Å². The molecule has 0 aromatic heterocycles. The Labute approximate surface area is 344 Å². The van der Waals surface area contributed by atoms with Crippen molar-refractivity contribution in [2.45, 2.75) is 37.6 Å². The molecule has 0 bridgehead atoms. The highest BCUT2D eigenvalue weighted by Crippen LogP contribution is 2.42. The Balaban J connectivity index is 1.49. The summed E-state index contributed by atoms with van der Waals surface area (Å²) in [6, 6.07) is 34.9. The minimum atomic E-state index is -1.72. The number of carboxylic acid groups (broad SMARTS) is 1. The van der Waals surface area contributed by atoms with Gasteiger partial charge in [0.1, 0.15) is 12.7 Å². The van der Waals surface area contributed by atoms with Crippen LogP contribution in [-0.4, -0.2) is 86.5 Å². The predicted octanol–water partition coefficient (Wildman–Crippen LogP) is 6.83. The third-order valence-corrected chi connectivity index (χ3v) is 9.17. The molecule has 0 spiro atoms. The second-order valence-corrected chi connectivity index (χ2v) is 13.2. The molecule has 1 heterocycles. The molecule has 14 nitrogen and oxygen atoms in total. The van der Waals surface area contributed by atoms with Crippen LogP contribution in [0.5, 0.6) is 17.2 Å². The number of ether oxygens (including phenoxy) is 8. The standard InChI is InChI=1S/C46H40O14/c1-28(41(47)48)24-29-25-34(53-2)37(35(26-29)54-3)60-46-40(59-45(52)33-22-14-7-15-23-33)39(58-44(51)32-20-12-6-13-21-32)38(57-43(50)31-18-10-5-11-19-31)36(56-46)27-55-42(49)30-16-8-4-9-17-30/h4-26,36,38-40,46H,27H2,1-3H3,(H,47,48)/t36-,38+,39+,40-,46+/m1/s1. The molecule has 0 saturated carbocycles. The van der Waals surface area contributed by atoms with Gasteiger partial charge in [-0.25, -0.2) is 24.0 Å². The molecular weight excluding hydrogens is 776 g/mol. The van der Waals surface area contributed by atoms with Crippen molar-refractivity contribution in [3.05, 3.63) is 167 Å². The van der Waals surface area contributed by atoms with Crippen molar-refractivity contribution in [1.82, 2.24) is 0 Å². The molecule has 1 fully saturated rings.